The molecule has 6 N–H and O–H groups in total. The molecule has 0 aromatic heterocycles. The molecule has 9 heteroatoms. The molecule has 4 unspecified atom stereocenters. The molecule has 4 atom stereocenters. The van der Waals surface area contributed by atoms with Crippen LogP contribution in [0.1, 0.15) is 6.92 Å². The van der Waals surface area contributed by atoms with Gasteiger partial charge < -0.3 is 25.5 Å². The molecular formula is C9H16N2O7. The SMILES string of the molecule is CC(=O)C=NNC(=O)C(O)C(O)C(O)C(O)CO. The fraction of sp³-hybridized carbons (Fsp3) is 0.667. The Morgan fingerprint density at radius 3 is 2.22 bits per heavy atom. The van der Waals surface area contributed by atoms with Crippen LogP contribution in [0.4, 0.5) is 0 Å². The van der Waals surface area contributed by atoms with Gasteiger partial charge in [0, 0.05) is 6.92 Å². The van der Waals surface area contributed by atoms with E-state index in [0.717, 1.165) is 6.21 Å². The second-order valence-electron chi connectivity index (χ2n) is 3.52. The maximum atomic E-state index is 11.2. The first-order valence-corrected chi connectivity index (χ1v) is 4.97. The molecule has 0 saturated carbocycles. The fourth-order valence-electron chi connectivity index (χ4n) is 0.930. The molecule has 0 bridgehead atoms. The topological polar surface area (TPSA) is 160 Å². The van der Waals surface area contributed by atoms with E-state index >= 15 is 0 Å². The van der Waals surface area contributed by atoms with E-state index in [1.54, 1.807) is 5.43 Å². The van der Waals surface area contributed by atoms with Gasteiger partial charge in [-0.3, -0.25) is 9.59 Å². The summed E-state index contributed by atoms with van der Waals surface area (Å²) in [5.74, 6) is -1.62. The van der Waals surface area contributed by atoms with Gasteiger partial charge in [-0.05, 0) is 0 Å². The van der Waals surface area contributed by atoms with Crippen LogP contribution >= 0.6 is 0 Å². The van der Waals surface area contributed by atoms with Gasteiger partial charge in [-0.1, -0.05) is 0 Å². The van der Waals surface area contributed by atoms with E-state index in [1.807, 2.05) is 0 Å². The number of nitrogens with zero attached hydrogens (tertiary/aromatic N) is 1. The van der Waals surface area contributed by atoms with Gasteiger partial charge in [-0.15, -0.1) is 0 Å². The van der Waals surface area contributed by atoms with E-state index in [0.29, 0.717) is 0 Å². The molecule has 0 aliphatic rings. The zero-order valence-electron chi connectivity index (χ0n) is 9.59. The van der Waals surface area contributed by atoms with E-state index in [2.05, 4.69) is 5.10 Å². The van der Waals surface area contributed by atoms with E-state index in [1.165, 1.54) is 6.92 Å². The highest BCUT2D eigenvalue weighted by Gasteiger charge is 2.34. The van der Waals surface area contributed by atoms with Crippen molar-refractivity contribution < 1.29 is 35.1 Å². The monoisotopic (exact) mass is 264 g/mol. The highest BCUT2D eigenvalue weighted by molar-refractivity contribution is 6.26. The molecule has 104 valence electrons. The third-order valence-corrected chi connectivity index (χ3v) is 1.94. The average molecular weight is 264 g/mol. The van der Waals surface area contributed by atoms with Crippen molar-refractivity contribution in [3.05, 3.63) is 0 Å². The number of Topliss-reactive ketones (excluding diaryl/α,β-unsaturated/α-hetero) is 1. The van der Waals surface area contributed by atoms with E-state index < -0.39 is 42.7 Å². The average Bonchev–Trinajstić information content (AvgIpc) is 2.34. The lowest BCUT2D eigenvalue weighted by Gasteiger charge is -2.24. The molecule has 0 aliphatic heterocycles. The van der Waals surface area contributed by atoms with Crippen LogP contribution in [-0.2, 0) is 9.59 Å². The van der Waals surface area contributed by atoms with Crippen molar-refractivity contribution in [2.75, 3.05) is 6.61 Å². The number of hydrogen-bond acceptors (Lipinski definition) is 8. The van der Waals surface area contributed by atoms with Crippen LogP contribution < -0.4 is 5.43 Å². The number of aliphatic hydroxyl groups is 5. The number of carbonyl (C=O) groups excluding carboxylic acids is 2. The quantitative estimate of drug-likeness (QED) is 0.202. The number of aliphatic hydroxyl groups excluding tert-OH is 5. The third-order valence-electron chi connectivity index (χ3n) is 1.94. The van der Waals surface area contributed by atoms with Crippen molar-refractivity contribution in [3.63, 3.8) is 0 Å². The molecule has 0 fully saturated rings. The van der Waals surface area contributed by atoms with Gasteiger partial charge in [-0.2, -0.15) is 5.10 Å². The molecule has 0 aromatic carbocycles. The summed E-state index contributed by atoms with van der Waals surface area (Å²) < 4.78 is 0. The third kappa shape index (κ3) is 5.29. The number of amides is 1. The molecule has 9 nitrogen and oxygen atoms in total. The van der Waals surface area contributed by atoms with Crippen LogP contribution in [0.2, 0.25) is 0 Å². The second kappa shape index (κ2) is 7.84. The summed E-state index contributed by atoms with van der Waals surface area (Å²) in [4.78, 5) is 21.6. The highest BCUT2D eigenvalue weighted by Crippen LogP contribution is 2.05. The number of hydrogen-bond donors (Lipinski definition) is 6. The van der Waals surface area contributed by atoms with Gasteiger partial charge in [0.05, 0.1) is 12.8 Å². The Balaban J connectivity index is 4.40. The van der Waals surface area contributed by atoms with E-state index in [-0.39, 0.29) is 0 Å². The summed E-state index contributed by atoms with van der Waals surface area (Å²) in [6, 6.07) is 0. The number of nitrogens with one attached hydrogen (secondary N) is 1. The predicted octanol–water partition coefficient (Wildman–Crippen LogP) is -3.89. The summed E-state index contributed by atoms with van der Waals surface area (Å²) in [6.45, 7) is 0.331. The minimum absolute atomic E-state index is 0.443. The van der Waals surface area contributed by atoms with Gasteiger partial charge in [-0.25, -0.2) is 5.43 Å². The zero-order valence-corrected chi connectivity index (χ0v) is 9.59. The lowest BCUT2D eigenvalue weighted by Crippen LogP contribution is -2.51. The fourth-order valence-corrected chi connectivity index (χ4v) is 0.930. The van der Waals surface area contributed by atoms with Crippen LogP contribution in [0.3, 0.4) is 0 Å². The number of ketones is 1. The lowest BCUT2D eigenvalue weighted by atomic mass is 10.0. The number of hydrazone groups is 1. The van der Waals surface area contributed by atoms with Crippen molar-refractivity contribution in [2.24, 2.45) is 5.10 Å². The minimum Gasteiger partial charge on any atom is -0.394 e. The predicted molar refractivity (Wildman–Crippen MR) is 58.4 cm³/mol. The highest BCUT2D eigenvalue weighted by atomic mass is 16.4. The maximum absolute atomic E-state index is 11.2. The second-order valence-corrected chi connectivity index (χ2v) is 3.52. The standard InChI is InChI=1S/C9H16N2O7/c1-4(13)2-10-11-9(18)8(17)7(16)6(15)5(14)3-12/h2,5-8,12,14-17H,3H2,1H3,(H,11,18). The van der Waals surface area contributed by atoms with Crippen LogP contribution in [0.15, 0.2) is 5.10 Å². The Labute approximate surface area is 102 Å². The lowest BCUT2D eigenvalue weighted by molar-refractivity contribution is -0.148. The maximum Gasteiger partial charge on any atom is 0.271 e. The van der Waals surface area contributed by atoms with Crippen molar-refractivity contribution in [2.45, 2.75) is 31.3 Å². The summed E-state index contributed by atoms with van der Waals surface area (Å²) >= 11 is 0. The van der Waals surface area contributed by atoms with E-state index in [4.69, 9.17) is 10.2 Å². The molecular weight excluding hydrogens is 248 g/mol. The Morgan fingerprint density at radius 2 is 1.78 bits per heavy atom. The molecule has 0 aromatic rings. The van der Waals surface area contributed by atoms with Gasteiger partial charge in [0.2, 0.25) is 0 Å². The summed E-state index contributed by atoms with van der Waals surface area (Å²) in [7, 11) is 0. The molecule has 0 spiro atoms. The first-order valence-electron chi connectivity index (χ1n) is 4.97. The van der Waals surface area contributed by atoms with Crippen LogP contribution in [0.25, 0.3) is 0 Å². The molecule has 0 aliphatic carbocycles. The van der Waals surface area contributed by atoms with Crippen molar-refractivity contribution in [1.29, 1.82) is 0 Å². The van der Waals surface area contributed by atoms with Crippen molar-refractivity contribution in [3.8, 4) is 0 Å². The van der Waals surface area contributed by atoms with Crippen LogP contribution in [0, 0.1) is 0 Å². The first-order chi connectivity index (χ1) is 8.31. The Hall–Kier alpha value is -1.39. The first kappa shape index (κ1) is 16.6. The van der Waals surface area contributed by atoms with Crippen molar-refractivity contribution in [1.82, 2.24) is 5.43 Å². The Morgan fingerprint density at radius 1 is 1.22 bits per heavy atom. The largest absolute Gasteiger partial charge is 0.394 e. The molecule has 0 radical (unpaired) electrons. The minimum atomic E-state index is -2.08. The van der Waals surface area contributed by atoms with E-state index in [9.17, 15) is 24.9 Å². The summed E-state index contributed by atoms with van der Waals surface area (Å²) in [6.07, 6.45) is -6.93. The van der Waals surface area contributed by atoms with Gasteiger partial charge in [0.25, 0.3) is 5.91 Å². The molecule has 0 saturated heterocycles. The smallest absolute Gasteiger partial charge is 0.271 e. The molecule has 0 rings (SSSR count). The Bertz CT molecular complexity index is 320. The van der Waals surface area contributed by atoms with Crippen LogP contribution in [-0.4, -0.2) is 74.5 Å². The Kier molecular flexibility index (Phi) is 7.24. The van der Waals surface area contributed by atoms with Crippen molar-refractivity contribution >= 4 is 17.9 Å². The van der Waals surface area contributed by atoms with Gasteiger partial charge >= 0.3 is 0 Å². The normalized spacial score (nSPS) is 18.1. The molecule has 18 heavy (non-hydrogen) atoms. The summed E-state index contributed by atoms with van der Waals surface area (Å²) in [5, 5.41) is 48.5. The van der Waals surface area contributed by atoms with Gasteiger partial charge in [0.15, 0.2) is 11.9 Å². The number of carbonyl (C=O) groups is 2. The number of rotatable bonds is 7. The summed E-state index contributed by atoms with van der Waals surface area (Å²) in [5.41, 5.74) is 1.75. The van der Waals surface area contributed by atoms with Gasteiger partial charge in [0.1, 0.15) is 18.3 Å². The molecule has 0 heterocycles. The molecule has 1 amide bonds. The van der Waals surface area contributed by atoms with Crippen LogP contribution in [0.5, 0.6) is 0 Å². The zero-order chi connectivity index (χ0) is 14.3.